The molecule has 5 rings (SSSR count). The van der Waals surface area contributed by atoms with Gasteiger partial charge in [-0.05, 0) is 58.9 Å². The van der Waals surface area contributed by atoms with Crippen molar-refractivity contribution < 1.29 is 30.3 Å². The zero-order valence-corrected chi connectivity index (χ0v) is 23.2. The predicted octanol–water partition coefficient (Wildman–Crippen LogP) is 6.67. The van der Waals surface area contributed by atoms with E-state index in [0.29, 0.717) is 5.92 Å². The van der Waals surface area contributed by atoms with E-state index in [1.54, 1.807) is 0 Å². The second-order valence-corrected chi connectivity index (χ2v) is 11.3. The van der Waals surface area contributed by atoms with Crippen LogP contribution in [-0.4, -0.2) is 27.4 Å². The average molecular weight is 637 g/mol. The fourth-order valence-corrected chi connectivity index (χ4v) is 5.72. The maximum atomic E-state index is 10.7. The van der Waals surface area contributed by atoms with Gasteiger partial charge in [-0.15, -0.1) is 35.9 Å². The van der Waals surface area contributed by atoms with Crippen LogP contribution < -0.4 is 0 Å². The molecule has 4 unspecified atom stereocenters. The molecule has 4 atom stereocenters. The van der Waals surface area contributed by atoms with E-state index in [9.17, 15) is 10.2 Å². The third kappa shape index (κ3) is 5.79. The number of nitrogens with zero attached hydrogens (tertiary/aromatic N) is 1. The maximum absolute atomic E-state index is 10.7. The van der Waals surface area contributed by atoms with Crippen LogP contribution in [0.5, 0.6) is 0 Å². The molecule has 2 N–H and O–H groups in total. The molecule has 0 spiro atoms. The van der Waals surface area contributed by atoms with E-state index in [1.165, 1.54) is 30.0 Å². The largest absolute Gasteiger partial charge is 0.392 e. The van der Waals surface area contributed by atoms with Gasteiger partial charge in [-0.2, -0.15) is 0 Å². The molecule has 1 heterocycles. The Balaban J connectivity index is 0.000000185. The Morgan fingerprint density at radius 1 is 0.853 bits per heavy atom. The van der Waals surface area contributed by atoms with Gasteiger partial charge in [0.25, 0.3) is 0 Å². The third-order valence-corrected chi connectivity index (χ3v) is 8.05. The quantitative estimate of drug-likeness (QED) is 0.294. The van der Waals surface area contributed by atoms with Crippen LogP contribution in [-0.2, 0) is 20.1 Å². The summed E-state index contributed by atoms with van der Waals surface area (Å²) in [5.41, 5.74) is 1.92. The first-order valence-electron chi connectivity index (χ1n) is 12.4. The van der Waals surface area contributed by atoms with Gasteiger partial charge in [-0.25, -0.2) is 0 Å². The van der Waals surface area contributed by atoms with Crippen molar-refractivity contribution in [2.24, 2.45) is 22.7 Å². The molecule has 0 aliphatic heterocycles. The van der Waals surface area contributed by atoms with Gasteiger partial charge in [-0.3, -0.25) is 0 Å². The van der Waals surface area contributed by atoms with E-state index in [1.807, 2.05) is 42.6 Å². The topological polar surface area (TPSA) is 53.4 Å². The molecule has 0 amide bonds. The standard InChI is InChI=1S/C15H10N.C15H28O2.Ir/c1-2-6-12(7-3-1)15-10-13-8-4-5-9-14(13)11-16-15;1-14(2)8-5-6-10-7-9-15(3,4)13(17)11(10)12(14)16;/h1-6,8-11H;10-13,16-17H,5-9H2,1-4H3;/q-1;;. The van der Waals surface area contributed by atoms with E-state index < -0.39 is 0 Å². The number of pyridine rings is 1. The molecule has 1 aromatic heterocycles. The van der Waals surface area contributed by atoms with Gasteiger partial charge in [0.1, 0.15) is 0 Å². The molecule has 2 fully saturated rings. The monoisotopic (exact) mass is 637 g/mol. The number of aliphatic hydroxyl groups is 2. The first-order valence-corrected chi connectivity index (χ1v) is 12.4. The van der Waals surface area contributed by atoms with Gasteiger partial charge < -0.3 is 15.2 Å². The summed E-state index contributed by atoms with van der Waals surface area (Å²) >= 11 is 0. The number of hydrogen-bond acceptors (Lipinski definition) is 3. The number of hydrogen-bond donors (Lipinski definition) is 2. The molecule has 1 radical (unpaired) electrons. The smallest absolute Gasteiger partial charge is 0.0646 e. The van der Waals surface area contributed by atoms with Gasteiger partial charge in [-0.1, -0.05) is 64.4 Å². The fourth-order valence-electron chi connectivity index (χ4n) is 5.72. The summed E-state index contributed by atoms with van der Waals surface area (Å²) in [7, 11) is 0. The molecule has 2 aliphatic carbocycles. The SMILES string of the molecule is CC1(C)CCCC2CCC(C)(C)C(O)C2C1O.[Ir].[c-]1ccccc1-c1cc2ccccc2cn1. The molecular formula is C30H38IrNO2-. The molecule has 0 bridgehead atoms. The zero-order valence-electron chi connectivity index (χ0n) is 20.8. The second kappa shape index (κ2) is 11.0. The van der Waals surface area contributed by atoms with Gasteiger partial charge in [0, 0.05) is 32.2 Å². The van der Waals surface area contributed by atoms with E-state index in [2.05, 4.69) is 56.9 Å². The number of aliphatic hydroxyl groups excluding tert-OH is 2. The van der Waals surface area contributed by atoms with Crippen molar-refractivity contribution in [1.29, 1.82) is 0 Å². The summed E-state index contributed by atoms with van der Waals surface area (Å²) in [6.07, 6.45) is 6.90. The Morgan fingerprint density at radius 3 is 2.18 bits per heavy atom. The predicted molar refractivity (Wildman–Crippen MR) is 136 cm³/mol. The van der Waals surface area contributed by atoms with Crippen molar-refractivity contribution >= 4 is 10.8 Å². The molecule has 0 saturated heterocycles. The molecule has 34 heavy (non-hydrogen) atoms. The van der Waals surface area contributed by atoms with Crippen LogP contribution in [0.4, 0.5) is 0 Å². The number of fused-ring (bicyclic) bond motifs is 2. The summed E-state index contributed by atoms with van der Waals surface area (Å²) in [6.45, 7) is 8.57. The van der Waals surface area contributed by atoms with Crippen LogP contribution >= 0.6 is 0 Å². The van der Waals surface area contributed by atoms with E-state index in [0.717, 1.165) is 24.1 Å². The molecule has 2 aliphatic rings. The van der Waals surface area contributed by atoms with Crippen LogP contribution in [0.1, 0.15) is 59.8 Å². The van der Waals surface area contributed by atoms with Crippen LogP contribution in [0.3, 0.4) is 0 Å². The molecule has 2 saturated carbocycles. The first kappa shape index (κ1) is 27.0. The van der Waals surface area contributed by atoms with Crippen molar-refractivity contribution in [3.8, 4) is 11.3 Å². The van der Waals surface area contributed by atoms with Gasteiger partial charge in [0.05, 0.1) is 12.2 Å². The summed E-state index contributed by atoms with van der Waals surface area (Å²) in [5.74, 6) is 0.603. The minimum absolute atomic E-state index is 0. The number of aromatic nitrogens is 1. The van der Waals surface area contributed by atoms with Crippen molar-refractivity contribution in [1.82, 2.24) is 4.98 Å². The maximum Gasteiger partial charge on any atom is 0.0646 e. The van der Waals surface area contributed by atoms with E-state index >= 15 is 0 Å². The Bertz CT molecular complexity index is 1070. The van der Waals surface area contributed by atoms with Gasteiger partial charge in [0.15, 0.2) is 0 Å². The van der Waals surface area contributed by atoms with Crippen molar-refractivity contribution in [2.45, 2.75) is 72.0 Å². The minimum atomic E-state index is -0.357. The molecule has 3 aromatic rings. The van der Waals surface area contributed by atoms with Crippen LogP contribution in [0.15, 0.2) is 60.8 Å². The summed E-state index contributed by atoms with van der Waals surface area (Å²) in [6, 6.07) is 21.4. The normalized spacial score (nSPS) is 27.4. The van der Waals surface area contributed by atoms with Crippen LogP contribution in [0.25, 0.3) is 22.0 Å². The Hall–Kier alpha value is -1.58. The Morgan fingerprint density at radius 2 is 1.50 bits per heavy atom. The molecule has 185 valence electrons. The number of rotatable bonds is 1. The minimum Gasteiger partial charge on any atom is -0.392 e. The first-order chi connectivity index (χ1) is 15.7. The number of benzene rings is 2. The second-order valence-electron chi connectivity index (χ2n) is 11.3. The third-order valence-electron chi connectivity index (χ3n) is 8.05. The molecule has 3 nitrogen and oxygen atoms in total. The summed E-state index contributed by atoms with van der Waals surface area (Å²) in [5, 5.41) is 23.6. The zero-order chi connectivity index (χ0) is 23.6. The van der Waals surface area contributed by atoms with Crippen molar-refractivity contribution in [2.75, 3.05) is 0 Å². The Kier molecular flexibility index (Phi) is 8.74. The summed E-state index contributed by atoms with van der Waals surface area (Å²) in [4.78, 5) is 4.45. The molecule has 2 aromatic carbocycles. The van der Waals surface area contributed by atoms with E-state index in [-0.39, 0.29) is 49.1 Å². The fraction of sp³-hybridized carbons (Fsp3) is 0.500. The Labute approximate surface area is 218 Å². The molecule has 4 heteroatoms. The van der Waals surface area contributed by atoms with Crippen molar-refractivity contribution in [3.63, 3.8) is 0 Å². The van der Waals surface area contributed by atoms with Crippen LogP contribution in [0.2, 0.25) is 0 Å². The van der Waals surface area contributed by atoms with Crippen LogP contribution in [0, 0.1) is 28.7 Å². The van der Waals surface area contributed by atoms with E-state index in [4.69, 9.17) is 0 Å². The van der Waals surface area contributed by atoms with Gasteiger partial charge in [0.2, 0.25) is 0 Å². The van der Waals surface area contributed by atoms with Gasteiger partial charge >= 0.3 is 0 Å². The van der Waals surface area contributed by atoms with Crippen molar-refractivity contribution in [3.05, 3.63) is 66.9 Å². The molecular weight excluding hydrogens is 599 g/mol. The summed E-state index contributed by atoms with van der Waals surface area (Å²) < 4.78 is 0. The average Bonchev–Trinajstić information content (AvgIpc) is 2.93.